The molecule has 0 radical (unpaired) electrons. The van der Waals surface area contributed by atoms with E-state index in [0.717, 1.165) is 12.1 Å². The van der Waals surface area contributed by atoms with E-state index in [1.165, 1.54) is 18.4 Å². The summed E-state index contributed by atoms with van der Waals surface area (Å²) in [5.41, 5.74) is 4.99. The molecule has 12 heavy (non-hydrogen) atoms. The van der Waals surface area contributed by atoms with E-state index >= 15 is 0 Å². The summed E-state index contributed by atoms with van der Waals surface area (Å²) in [6.07, 6.45) is 3.63. The molecule has 3 N–H and O–H groups in total. The lowest BCUT2D eigenvalue weighted by molar-refractivity contribution is 0.795. The highest BCUT2D eigenvalue weighted by Crippen LogP contribution is 2.11. The molecule has 0 bridgehead atoms. The Morgan fingerprint density at radius 3 is 2.92 bits per heavy atom. The highest BCUT2D eigenvalue weighted by Gasteiger charge is 1.93. The number of hydrogen-bond acceptors (Lipinski definition) is 2. The van der Waals surface area contributed by atoms with Crippen LogP contribution in [0.2, 0.25) is 0 Å². The average Bonchev–Trinajstić information content (AvgIpc) is 2.15. The predicted octanol–water partition coefficient (Wildman–Crippen LogP) is 2.31. The molecular weight excluding hydrogens is 148 g/mol. The Hall–Kier alpha value is -1.02. The largest absolute Gasteiger partial charge is 0.324 e. The van der Waals surface area contributed by atoms with Crippen LogP contribution in [0.3, 0.4) is 0 Å². The van der Waals surface area contributed by atoms with Crippen molar-refractivity contribution in [1.29, 1.82) is 0 Å². The van der Waals surface area contributed by atoms with Crippen LogP contribution in [0, 0.1) is 0 Å². The van der Waals surface area contributed by atoms with Gasteiger partial charge >= 0.3 is 0 Å². The minimum absolute atomic E-state index is 0.989. The number of nitrogen functional groups attached to an aromatic ring is 1. The van der Waals surface area contributed by atoms with Crippen molar-refractivity contribution < 1.29 is 0 Å². The summed E-state index contributed by atoms with van der Waals surface area (Å²) in [4.78, 5) is 0. The van der Waals surface area contributed by atoms with E-state index in [9.17, 15) is 0 Å². The van der Waals surface area contributed by atoms with E-state index in [2.05, 4.69) is 24.5 Å². The molecule has 2 heteroatoms. The molecule has 0 saturated carbocycles. The van der Waals surface area contributed by atoms with Gasteiger partial charge in [-0.1, -0.05) is 25.5 Å². The van der Waals surface area contributed by atoms with Crippen LogP contribution in [0.1, 0.15) is 25.3 Å². The number of nitrogens with two attached hydrogens (primary N) is 1. The maximum absolute atomic E-state index is 5.30. The molecule has 1 aromatic rings. The zero-order chi connectivity index (χ0) is 8.81. The van der Waals surface area contributed by atoms with Crippen LogP contribution in [0.4, 0.5) is 5.69 Å². The van der Waals surface area contributed by atoms with Crippen molar-refractivity contribution in [2.75, 3.05) is 5.43 Å². The van der Waals surface area contributed by atoms with Crippen molar-refractivity contribution in [3.8, 4) is 0 Å². The number of benzene rings is 1. The van der Waals surface area contributed by atoms with Crippen molar-refractivity contribution in [2.24, 2.45) is 5.84 Å². The smallest absolute Gasteiger partial charge is 0.0487 e. The first-order chi connectivity index (χ1) is 5.86. The van der Waals surface area contributed by atoms with Crippen LogP contribution >= 0.6 is 0 Å². The quantitative estimate of drug-likeness (QED) is 0.529. The van der Waals surface area contributed by atoms with Gasteiger partial charge in [0.1, 0.15) is 0 Å². The Bertz CT molecular complexity index is 233. The van der Waals surface area contributed by atoms with E-state index in [0.29, 0.717) is 0 Å². The summed E-state index contributed by atoms with van der Waals surface area (Å²) in [5.74, 6) is 5.30. The maximum Gasteiger partial charge on any atom is 0.0487 e. The first kappa shape index (κ1) is 9.07. The molecule has 0 unspecified atom stereocenters. The standard InChI is InChI=1S/C10H16N2/c1-2-3-5-9-6-4-7-10(8-9)12-11/h4,6-8,12H,2-3,5,11H2,1H3. The minimum atomic E-state index is 0.989. The molecule has 0 spiro atoms. The fraction of sp³-hybridized carbons (Fsp3) is 0.400. The van der Waals surface area contributed by atoms with Gasteiger partial charge in [0.15, 0.2) is 0 Å². The Labute approximate surface area is 73.8 Å². The number of anilines is 1. The SMILES string of the molecule is CCCCc1cccc(NN)c1. The summed E-state index contributed by atoms with van der Waals surface area (Å²) in [6.45, 7) is 2.20. The van der Waals surface area contributed by atoms with Gasteiger partial charge in [0.25, 0.3) is 0 Å². The van der Waals surface area contributed by atoms with Gasteiger partial charge < -0.3 is 5.43 Å². The van der Waals surface area contributed by atoms with Gasteiger partial charge in [-0.05, 0) is 30.5 Å². The first-order valence-electron chi connectivity index (χ1n) is 4.42. The number of hydrazine groups is 1. The third-order valence-corrected chi connectivity index (χ3v) is 1.91. The van der Waals surface area contributed by atoms with Crippen molar-refractivity contribution >= 4 is 5.69 Å². The Kier molecular flexibility index (Phi) is 3.61. The average molecular weight is 164 g/mol. The van der Waals surface area contributed by atoms with E-state index in [1.807, 2.05) is 12.1 Å². The number of rotatable bonds is 4. The molecule has 1 aromatic carbocycles. The van der Waals surface area contributed by atoms with Crippen molar-refractivity contribution in [2.45, 2.75) is 26.2 Å². The molecule has 0 fully saturated rings. The summed E-state index contributed by atoms with van der Waals surface area (Å²) in [7, 11) is 0. The van der Waals surface area contributed by atoms with Crippen LogP contribution in [0.5, 0.6) is 0 Å². The second-order valence-electron chi connectivity index (χ2n) is 2.95. The normalized spacial score (nSPS) is 9.83. The first-order valence-corrected chi connectivity index (χ1v) is 4.42. The van der Waals surface area contributed by atoms with Gasteiger partial charge in [-0.2, -0.15) is 0 Å². The van der Waals surface area contributed by atoms with Gasteiger partial charge in [-0.25, -0.2) is 0 Å². The van der Waals surface area contributed by atoms with Gasteiger partial charge in [0, 0.05) is 5.69 Å². The molecule has 2 nitrogen and oxygen atoms in total. The monoisotopic (exact) mass is 164 g/mol. The molecule has 0 saturated heterocycles. The lowest BCUT2D eigenvalue weighted by Gasteiger charge is -2.03. The van der Waals surface area contributed by atoms with Gasteiger partial charge in [0.05, 0.1) is 0 Å². The predicted molar refractivity (Wildman–Crippen MR) is 52.9 cm³/mol. The topological polar surface area (TPSA) is 38.0 Å². The molecule has 0 aliphatic carbocycles. The van der Waals surface area contributed by atoms with E-state index in [4.69, 9.17) is 5.84 Å². The fourth-order valence-corrected chi connectivity index (χ4v) is 1.20. The highest BCUT2D eigenvalue weighted by molar-refractivity contribution is 5.44. The molecule has 66 valence electrons. The summed E-state index contributed by atoms with van der Waals surface area (Å²) in [5, 5.41) is 0. The van der Waals surface area contributed by atoms with Crippen molar-refractivity contribution in [3.63, 3.8) is 0 Å². The molecule has 0 aliphatic rings. The van der Waals surface area contributed by atoms with Gasteiger partial charge in [0.2, 0.25) is 0 Å². The Morgan fingerprint density at radius 2 is 2.25 bits per heavy atom. The molecule has 0 aromatic heterocycles. The molecule has 0 atom stereocenters. The lowest BCUT2D eigenvalue weighted by Crippen LogP contribution is -2.06. The number of aryl methyl sites for hydroxylation is 1. The maximum atomic E-state index is 5.30. The molecule has 0 aliphatic heterocycles. The Morgan fingerprint density at radius 1 is 1.42 bits per heavy atom. The van der Waals surface area contributed by atoms with Crippen LogP contribution < -0.4 is 11.3 Å². The lowest BCUT2D eigenvalue weighted by atomic mass is 10.1. The van der Waals surface area contributed by atoms with Gasteiger partial charge in [-0.15, -0.1) is 0 Å². The third kappa shape index (κ3) is 2.55. The van der Waals surface area contributed by atoms with E-state index in [1.54, 1.807) is 0 Å². The summed E-state index contributed by atoms with van der Waals surface area (Å²) in [6, 6.07) is 8.22. The Balaban J connectivity index is 2.60. The summed E-state index contributed by atoms with van der Waals surface area (Å²) < 4.78 is 0. The molecule has 1 rings (SSSR count). The van der Waals surface area contributed by atoms with Crippen molar-refractivity contribution in [3.05, 3.63) is 29.8 Å². The molecule has 0 heterocycles. The second kappa shape index (κ2) is 4.78. The summed E-state index contributed by atoms with van der Waals surface area (Å²) >= 11 is 0. The fourth-order valence-electron chi connectivity index (χ4n) is 1.20. The van der Waals surface area contributed by atoms with Crippen LogP contribution in [0.15, 0.2) is 24.3 Å². The number of nitrogens with one attached hydrogen (secondary N) is 1. The second-order valence-corrected chi connectivity index (χ2v) is 2.95. The number of hydrogen-bond donors (Lipinski definition) is 2. The molecular formula is C10H16N2. The minimum Gasteiger partial charge on any atom is -0.324 e. The third-order valence-electron chi connectivity index (χ3n) is 1.91. The number of unbranched alkanes of at least 4 members (excludes halogenated alkanes) is 1. The van der Waals surface area contributed by atoms with Crippen molar-refractivity contribution in [1.82, 2.24) is 0 Å². The zero-order valence-corrected chi connectivity index (χ0v) is 7.51. The highest BCUT2D eigenvalue weighted by atomic mass is 15.2. The van der Waals surface area contributed by atoms with E-state index < -0.39 is 0 Å². The van der Waals surface area contributed by atoms with Crippen LogP contribution in [-0.4, -0.2) is 0 Å². The zero-order valence-electron chi connectivity index (χ0n) is 7.51. The van der Waals surface area contributed by atoms with Crippen LogP contribution in [-0.2, 0) is 6.42 Å². The van der Waals surface area contributed by atoms with Crippen LogP contribution in [0.25, 0.3) is 0 Å². The van der Waals surface area contributed by atoms with Gasteiger partial charge in [-0.3, -0.25) is 5.84 Å². The molecule has 0 amide bonds. The van der Waals surface area contributed by atoms with E-state index in [-0.39, 0.29) is 0 Å².